The lowest BCUT2D eigenvalue weighted by Gasteiger charge is -2.28. The van der Waals surface area contributed by atoms with E-state index in [1.807, 2.05) is 0 Å². The lowest BCUT2D eigenvalue weighted by molar-refractivity contribution is 0.0950. The molecule has 11 heteroatoms. The molecule has 1 saturated heterocycles. The number of nitrogens with zero attached hydrogens (tertiary/aromatic N) is 3. The van der Waals surface area contributed by atoms with E-state index in [1.54, 1.807) is 18.2 Å². The van der Waals surface area contributed by atoms with Crippen LogP contribution in [0.25, 0.3) is 0 Å². The van der Waals surface area contributed by atoms with Gasteiger partial charge in [0, 0.05) is 37.0 Å². The Bertz CT molecular complexity index is 970. The van der Waals surface area contributed by atoms with Crippen molar-refractivity contribution >= 4 is 27.5 Å². The van der Waals surface area contributed by atoms with Crippen molar-refractivity contribution in [1.29, 1.82) is 0 Å². The average Bonchev–Trinajstić information content (AvgIpc) is 3.16. The second-order valence-electron chi connectivity index (χ2n) is 6.83. The first-order valence-electron chi connectivity index (χ1n) is 9.17. The van der Waals surface area contributed by atoms with Gasteiger partial charge in [0.05, 0.1) is 18.9 Å². The average molecular weight is 443 g/mol. The molecule has 1 aliphatic heterocycles. The fraction of sp³-hybridized carbons (Fsp3) is 0.500. The smallest absolute Gasteiger partial charge is 0.255 e. The van der Waals surface area contributed by atoms with Gasteiger partial charge in [-0.3, -0.25) is 4.79 Å². The summed E-state index contributed by atoms with van der Waals surface area (Å²) >= 11 is 5.91. The zero-order valence-electron chi connectivity index (χ0n) is 16.2. The summed E-state index contributed by atoms with van der Waals surface area (Å²) in [6.45, 7) is 1.22. The minimum Gasteiger partial charge on any atom is -0.496 e. The number of sulfonamides is 1. The zero-order valence-corrected chi connectivity index (χ0v) is 17.8. The van der Waals surface area contributed by atoms with E-state index in [4.69, 9.17) is 20.9 Å². The molecule has 0 unspecified atom stereocenters. The van der Waals surface area contributed by atoms with Gasteiger partial charge < -0.3 is 14.6 Å². The van der Waals surface area contributed by atoms with E-state index in [0.29, 0.717) is 66.9 Å². The summed E-state index contributed by atoms with van der Waals surface area (Å²) in [6.07, 6.45) is 2.91. The second kappa shape index (κ2) is 9.10. The van der Waals surface area contributed by atoms with Crippen LogP contribution in [0.5, 0.6) is 5.75 Å². The van der Waals surface area contributed by atoms with E-state index in [0.717, 1.165) is 0 Å². The molecule has 3 rings (SSSR count). The molecule has 158 valence electrons. The molecule has 1 aliphatic rings. The molecule has 1 amide bonds. The fourth-order valence-corrected chi connectivity index (χ4v) is 4.25. The van der Waals surface area contributed by atoms with Crippen LogP contribution < -0.4 is 10.1 Å². The van der Waals surface area contributed by atoms with Crippen LogP contribution in [0.1, 0.15) is 40.8 Å². The number of ether oxygens (including phenoxy) is 1. The minimum absolute atomic E-state index is 0.0680. The molecule has 0 saturated carbocycles. The molecule has 0 bridgehead atoms. The summed E-state index contributed by atoms with van der Waals surface area (Å²) < 4.78 is 35.1. The van der Waals surface area contributed by atoms with Gasteiger partial charge in [0.15, 0.2) is 5.82 Å². The van der Waals surface area contributed by atoms with Crippen LogP contribution in [0.2, 0.25) is 5.02 Å². The molecule has 9 nitrogen and oxygen atoms in total. The number of carbonyl (C=O) groups excluding carboxylic acids is 1. The molecular weight excluding hydrogens is 420 g/mol. The third kappa shape index (κ3) is 5.46. The molecule has 1 aromatic heterocycles. The van der Waals surface area contributed by atoms with E-state index in [9.17, 15) is 13.2 Å². The van der Waals surface area contributed by atoms with E-state index < -0.39 is 10.0 Å². The molecular formula is C18H23ClN4O5S. The maximum Gasteiger partial charge on any atom is 0.255 e. The van der Waals surface area contributed by atoms with Crippen molar-refractivity contribution in [1.82, 2.24) is 19.8 Å². The van der Waals surface area contributed by atoms with Crippen molar-refractivity contribution in [3.63, 3.8) is 0 Å². The molecule has 0 aliphatic carbocycles. The third-order valence-electron chi connectivity index (χ3n) is 4.80. The van der Waals surface area contributed by atoms with Gasteiger partial charge >= 0.3 is 0 Å². The van der Waals surface area contributed by atoms with Crippen LogP contribution in [0.15, 0.2) is 22.7 Å². The van der Waals surface area contributed by atoms with Gasteiger partial charge in [0.2, 0.25) is 15.9 Å². The summed E-state index contributed by atoms with van der Waals surface area (Å²) in [4.78, 5) is 16.7. The Balaban J connectivity index is 1.51. The number of carbonyl (C=O) groups is 1. The van der Waals surface area contributed by atoms with Crippen LogP contribution in [0.3, 0.4) is 0 Å². The topological polar surface area (TPSA) is 115 Å². The molecule has 1 fully saturated rings. The molecule has 0 atom stereocenters. The number of amides is 1. The highest BCUT2D eigenvalue weighted by molar-refractivity contribution is 7.88. The Kier molecular flexibility index (Phi) is 6.76. The maximum absolute atomic E-state index is 12.3. The largest absolute Gasteiger partial charge is 0.496 e. The summed E-state index contributed by atoms with van der Waals surface area (Å²) in [5.74, 6) is 1.19. The highest BCUT2D eigenvalue weighted by Gasteiger charge is 2.28. The number of rotatable bonds is 7. The number of halogens is 1. The number of benzene rings is 1. The highest BCUT2D eigenvalue weighted by Crippen LogP contribution is 2.27. The molecule has 1 aromatic carbocycles. The van der Waals surface area contributed by atoms with Crippen LogP contribution in [-0.2, 0) is 16.4 Å². The quantitative estimate of drug-likeness (QED) is 0.695. The number of piperidine rings is 1. The molecule has 0 spiro atoms. The Hall–Kier alpha value is -2.17. The van der Waals surface area contributed by atoms with Crippen molar-refractivity contribution in [3.05, 3.63) is 40.5 Å². The Labute approximate surface area is 174 Å². The Morgan fingerprint density at radius 2 is 2.10 bits per heavy atom. The number of methoxy groups -OCH3 is 1. The van der Waals surface area contributed by atoms with Gasteiger partial charge in [-0.05, 0) is 31.0 Å². The minimum atomic E-state index is -3.16. The Morgan fingerprint density at radius 3 is 2.76 bits per heavy atom. The van der Waals surface area contributed by atoms with E-state index in [-0.39, 0.29) is 11.8 Å². The highest BCUT2D eigenvalue weighted by atomic mass is 35.5. The van der Waals surface area contributed by atoms with Crippen molar-refractivity contribution < 1.29 is 22.5 Å². The number of aromatic nitrogens is 2. The molecule has 2 aromatic rings. The van der Waals surface area contributed by atoms with Crippen LogP contribution >= 0.6 is 11.6 Å². The normalized spacial score (nSPS) is 16.0. The molecule has 1 N–H and O–H groups in total. The van der Waals surface area contributed by atoms with Gasteiger partial charge in [0.1, 0.15) is 5.75 Å². The molecule has 2 heterocycles. The van der Waals surface area contributed by atoms with Crippen LogP contribution in [0.4, 0.5) is 0 Å². The van der Waals surface area contributed by atoms with Crippen molar-refractivity contribution in [3.8, 4) is 5.75 Å². The summed E-state index contributed by atoms with van der Waals surface area (Å²) in [6, 6.07) is 4.80. The maximum atomic E-state index is 12.3. The SMILES string of the molecule is COc1cc(Cl)ccc1C(=O)NCCc1nc(C2CCN(S(C)(=O)=O)CC2)no1. The van der Waals surface area contributed by atoms with Crippen LogP contribution in [0, 0.1) is 0 Å². The lowest BCUT2D eigenvalue weighted by Crippen LogP contribution is -2.37. The first-order chi connectivity index (χ1) is 13.8. The van der Waals surface area contributed by atoms with Crippen molar-refractivity contribution in [2.24, 2.45) is 0 Å². The molecule has 0 radical (unpaired) electrons. The number of hydrogen-bond acceptors (Lipinski definition) is 7. The predicted molar refractivity (Wildman–Crippen MR) is 107 cm³/mol. The summed E-state index contributed by atoms with van der Waals surface area (Å²) in [7, 11) is -1.69. The van der Waals surface area contributed by atoms with Gasteiger partial charge in [-0.2, -0.15) is 4.98 Å². The lowest BCUT2D eigenvalue weighted by atomic mass is 9.97. The van der Waals surface area contributed by atoms with Crippen molar-refractivity contribution in [2.45, 2.75) is 25.2 Å². The van der Waals surface area contributed by atoms with Gasteiger partial charge in [-0.1, -0.05) is 16.8 Å². The molecule has 29 heavy (non-hydrogen) atoms. The predicted octanol–water partition coefficient (Wildman–Crippen LogP) is 1.84. The zero-order chi connectivity index (χ0) is 21.0. The summed E-state index contributed by atoms with van der Waals surface area (Å²) in [5, 5.41) is 7.29. The van der Waals surface area contributed by atoms with Crippen LogP contribution in [-0.4, -0.2) is 61.8 Å². The number of nitrogens with one attached hydrogen (secondary N) is 1. The van der Waals surface area contributed by atoms with Gasteiger partial charge in [0.25, 0.3) is 5.91 Å². The second-order valence-corrected chi connectivity index (χ2v) is 9.25. The van der Waals surface area contributed by atoms with Gasteiger partial charge in [-0.25, -0.2) is 12.7 Å². The van der Waals surface area contributed by atoms with E-state index in [2.05, 4.69) is 15.5 Å². The van der Waals surface area contributed by atoms with Gasteiger partial charge in [-0.15, -0.1) is 0 Å². The number of hydrogen-bond donors (Lipinski definition) is 1. The van der Waals surface area contributed by atoms with E-state index in [1.165, 1.54) is 17.7 Å². The fourth-order valence-electron chi connectivity index (χ4n) is 3.21. The first kappa shape index (κ1) is 21.5. The third-order valence-corrected chi connectivity index (χ3v) is 6.34. The monoisotopic (exact) mass is 442 g/mol. The Morgan fingerprint density at radius 1 is 1.38 bits per heavy atom. The standard InChI is InChI=1S/C18H23ClN4O5S/c1-27-15-11-13(19)3-4-14(15)18(24)20-8-5-16-21-17(22-28-16)12-6-9-23(10-7-12)29(2,25)26/h3-4,11-12H,5-10H2,1-2H3,(H,20,24). The van der Waals surface area contributed by atoms with Crippen molar-refractivity contribution in [2.75, 3.05) is 33.0 Å². The summed E-state index contributed by atoms with van der Waals surface area (Å²) in [5.41, 5.74) is 0.390. The van der Waals surface area contributed by atoms with E-state index >= 15 is 0 Å². The first-order valence-corrected chi connectivity index (χ1v) is 11.4.